The lowest BCUT2D eigenvalue weighted by atomic mass is 9.51. The lowest BCUT2D eigenvalue weighted by Gasteiger charge is -2.54. The summed E-state index contributed by atoms with van der Waals surface area (Å²) >= 11 is 0. The van der Waals surface area contributed by atoms with Crippen molar-refractivity contribution >= 4 is 6.01 Å². The molecule has 4 aliphatic rings. The molecular weight excluding hydrogens is 236 g/mol. The molecular formula is C16H24N2O. The molecule has 4 bridgehead atoms. The van der Waals surface area contributed by atoms with E-state index in [2.05, 4.69) is 18.8 Å². The molecule has 0 spiro atoms. The Labute approximate surface area is 115 Å². The van der Waals surface area contributed by atoms with E-state index >= 15 is 0 Å². The summed E-state index contributed by atoms with van der Waals surface area (Å²) in [4.78, 5) is 4.59. The number of aromatic nitrogens is 1. The predicted molar refractivity (Wildman–Crippen MR) is 74.8 cm³/mol. The van der Waals surface area contributed by atoms with Crippen LogP contribution in [0.2, 0.25) is 0 Å². The summed E-state index contributed by atoms with van der Waals surface area (Å²) < 4.78 is 5.70. The molecule has 5 rings (SSSR count). The first-order chi connectivity index (χ1) is 9.11. The Morgan fingerprint density at radius 3 is 2.16 bits per heavy atom. The molecule has 0 atom stereocenters. The van der Waals surface area contributed by atoms with E-state index in [-0.39, 0.29) is 0 Å². The van der Waals surface area contributed by atoms with Gasteiger partial charge in [-0.3, -0.25) is 0 Å². The zero-order chi connectivity index (χ0) is 13.1. The molecule has 1 aromatic heterocycles. The van der Waals surface area contributed by atoms with Gasteiger partial charge in [0.05, 0.1) is 5.69 Å². The molecule has 104 valence electrons. The lowest BCUT2D eigenvalue weighted by molar-refractivity contribution is -0.00463. The highest BCUT2D eigenvalue weighted by Gasteiger charge is 2.50. The van der Waals surface area contributed by atoms with Crippen LogP contribution in [0.3, 0.4) is 0 Å². The van der Waals surface area contributed by atoms with Gasteiger partial charge >= 0.3 is 0 Å². The van der Waals surface area contributed by atoms with Crippen molar-refractivity contribution in [3.8, 4) is 0 Å². The Kier molecular flexibility index (Phi) is 2.49. The quantitative estimate of drug-likeness (QED) is 0.876. The second-order valence-corrected chi connectivity index (χ2v) is 7.41. The largest absolute Gasteiger partial charge is 0.428 e. The third-order valence-electron chi connectivity index (χ3n) is 5.76. The molecule has 2 N–H and O–H groups in total. The van der Waals surface area contributed by atoms with Gasteiger partial charge in [0.15, 0.2) is 0 Å². The number of rotatable bonds is 2. The summed E-state index contributed by atoms with van der Waals surface area (Å²) in [5, 5.41) is 0. The zero-order valence-electron chi connectivity index (χ0n) is 11.9. The van der Waals surface area contributed by atoms with E-state index in [4.69, 9.17) is 10.2 Å². The first-order valence-corrected chi connectivity index (χ1v) is 7.88. The van der Waals surface area contributed by atoms with E-state index < -0.39 is 0 Å². The van der Waals surface area contributed by atoms with Crippen molar-refractivity contribution < 1.29 is 4.42 Å². The van der Waals surface area contributed by atoms with Gasteiger partial charge in [-0.2, -0.15) is 4.98 Å². The second-order valence-electron chi connectivity index (χ2n) is 7.41. The summed E-state index contributed by atoms with van der Waals surface area (Å²) in [6, 6.07) is 0.368. The smallest absolute Gasteiger partial charge is 0.292 e. The lowest BCUT2D eigenvalue weighted by Crippen LogP contribution is -2.44. The van der Waals surface area contributed by atoms with Gasteiger partial charge < -0.3 is 10.2 Å². The minimum Gasteiger partial charge on any atom is -0.428 e. The third kappa shape index (κ3) is 1.73. The highest BCUT2D eigenvalue weighted by molar-refractivity contribution is 5.28. The fourth-order valence-corrected chi connectivity index (χ4v) is 5.39. The van der Waals surface area contributed by atoms with Crippen LogP contribution in [-0.2, 0) is 0 Å². The van der Waals surface area contributed by atoms with Gasteiger partial charge in [-0.25, -0.2) is 0 Å². The molecule has 3 nitrogen and oxygen atoms in total. The van der Waals surface area contributed by atoms with Gasteiger partial charge in [0.2, 0.25) is 0 Å². The molecule has 4 saturated carbocycles. The molecule has 0 unspecified atom stereocenters. The molecule has 1 heterocycles. The summed E-state index contributed by atoms with van der Waals surface area (Å²) in [5.74, 6) is 5.77. The Morgan fingerprint density at radius 1 is 1.05 bits per heavy atom. The van der Waals surface area contributed by atoms with E-state index in [1.165, 1.54) is 37.8 Å². The molecule has 4 fully saturated rings. The minimum atomic E-state index is 0.368. The predicted octanol–water partition coefficient (Wildman–Crippen LogP) is 3.92. The van der Waals surface area contributed by atoms with E-state index in [0.717, 1.165) is 29.4 Å². The van der Waals surface area contributed by atoms with Gasteiger partial charge in [0, 0.05) is 11.8 Å². The molecule has 0 amide bonds. The van der Waals surface area contributed by atoms with Crippen LogP contribution in [0, 0.1) is 23.7 Å². The Hall–Kier alpha value is -0.990. The molecule has 0 aromatic carbocycles. The van der Waals surface area contributed by atoms with Crippen LogP contribution in [0.25, 0.3) is 0 Å². The fraction of sp³-hybridized carbons (Fsp3) is 0.812. The maximum atomic E-state index is 5.83. The average Bonchev–Trinajstić information content (AvgIpc) is 2.70. The number of nitrogen functional groups attached to an aromatic ring is 1. The summed E-state index contributed by atoms with van der Waals surface area (Å²) in [6.45, 7) is 4.36. The Bertz CT molecular complexity index is 463. The number of oxazole rings is 1. The highest BCUT2D eigenvalue weighted by Crippen LogP contribution is 2.60. The first kappa shape index (κ1) is 11.8. The van der Waals surface area contributed by atoms with Crippen molar-refractivity contribution in [1.29, 1.82) is 0 Å². The molecule has 19 heavy (non-hydrogen) atoms. The van der Waals surface area contributed by atoms with Crippen molar-refractivity contribution in [2.24, 2.45) is 23.7 Å². The molecule has 0 aliphatic heterocycles. The van der Waals surface area contributed by atoms with Gasteiger partial charge in [-0.1, -0.05) is 13.8 Å². The standard InChI is InChI=1S/C16H24N2O/c1-8(2)15-14(18-16(17)19-15)13-11-4-9-3-10(6-11)7-12(13)5-9/h8-13H,3-7H2,1-2H3,(H2,17,18). The summed E-state index contributed by atoms with van der Waals surface area (Å²) in [6.07, 6.45) is 7.17. The minimum absolute atomic E-state index is 0.368. The number of anilines is 1. The van der Waals surface area contributed by atoms with Crippen molar-refractivity contribution in [2.75, 3.05) is 5.73 Å². The van der Waals surface area contributed by atoms with Crippen molar-refractivity contribution in [3.63, 3.8) is 0 Å². The fourth-order valence-electron chi connectivity index (χ4n) is 5.39. The van der Waals surface area contributed by atoms with Crippen LogP contribution < -0.4 is 5.73 Å². The monoisotopic (exact) mass is 260 g/mol. The third-order valence-corrected chi connectivity index (χ3v) is 5.76. The average molecular weight is 260 g/mol. The van der Waals surface area contributed by atoms with Crippen LogP contribution >= 0.6 is 0 Å². The summed E-state index contributed by atoms with van der Waals surface area (Å²) in [5.41, 5.74) is 7.04. The number of hydrogen-bond acceptors (Lipinski definition) is 3. The van der Waals surface area contributed by atoms with Gasteiger partial charge in [-0.15, -0.1) is 0 Å². The van der Waals surface area contributed by atoms with Crippen molar-refractivity contribution in [2.45, 2.75) is 57.8 Å². The first-order valence-electron chi connectivity index (χ1n) is 7.88. The van der Waals surface area contributed by atoms with Crippen molar-refractivity contribution in [3.05, 3.63) is 11.5 Å². The Balaban J connectivity index is 1.72. The van der Waals surface area contributed by atoms with Gasteiger partial charge in [0.25, 0.3) is 6.01 Å². The zero-order valence-corrected chi connectivity index (χ0v) is 11.9. The van der Waals surface area contributed by atoms with Crippen LogP contribution in [0.15, 0.2) is 4.42 Å². The van der Waals surface area contributed by atoms with E-state index in [0.29, 0.717) is 17.9 Å². The molecule has 1 aromatic rings. The molecule has 0 saturated heterocycles. The molecule has 3 heteroatoms. The van der Waals surface area contributed by atoms with Crippen LogP contribution in [-0.4, -0.2) is 4.98 Å². The normalized spacial score (nSPS) is 40.3. The SMILES string of the molecule is CC(C)c1oc(N)nc1C1C2CC3CC(C2)CC1C3. The Morgan fingerprint density at radius 2 is 1.63 bits per heavy atom. The number of nitrogens with two attached hydrogens (primary N) is 1. The van der Waals surface area contributed by atoms with Gasteiger partial charge in [0.1, 0.15) is 5.76 Å². The number of hydrogen-bond donors (Lipinski definition) is 1. The topological polar surface area (TPSA) is 52.0 Å². The van der Waals surface area contributed by atoms with E-state index in [1.807, 2.05) is 0 Å². The molecule has 0 radical (unpaired) electrons. The molecule has 4 aliphatic carbocycles. The van der Waals surface area contributed by atoms with E-state index in [9.17, 15) is 0 Å². The number of nitrogens with zero attached hydrogens (tertiary/aromatic N) is 1. The second kappa shape index (κ2) is 4.00. The van der Waals surface area contributed by atoms with Crippen LogP contribution in [0.5, 0.6) is 0 Å². The van der Waals surface area contributed by atoms with Gasteiger partial charge in [-0.05, 0) is 55.8 Å². The maximum absolute atomic E-state index is 5.83. The van der Waals surface area contributed by atoms with Crippen molar-refractivity contribution in [1.82, 2.24) is 4.98 Å². The summed E-state index contributed by atoms with van der Waals surface area (Å²) in [7, 11) is 0. The van der Waals surface area contributed by atoms with E-state index in [1.54, 1.807) is 0 Å². The van der Waals surface area contributed by atoms with Crippen LogP contribution in [0.1, 0.15) is 69.2 Å². The van der Waals surface area contributed by atoms with Crippen LogP contribution in [0.4, 0.5) is 6.01 Å². The highest BCUT2D eigenvalue weighted by atomic mass is 16.4. The maximum Gasteiger partial charge on any atom is 0.292 e.